The summed E-state index contributed by atoms with van der Waals surface area (Å²) in [4.78, 5) is 0. The minimum Gasteiger partial charge on any atom is -0.398 e. The molecule has 0 aliphatic carbocycles. The van der Waals surface area contributed by atoms with Crippen molar-refractivity contribution in [2.75, 3.05) is 11.1 Å². The highest BCUT2D eigenvalue weighted by molar-refractivity contribution is 6.33. The van der Waals surface area contributed by atoms with E-state index in [0.717, 1.165) is 17.8 Å². The van der Waals surface area contributed by atoms with Gasteiger partial charge in [0.15, 0.2) is 0 Å². The number of nitrogens with two attached hydrogens (primary N) is 1. The van der Waals surface area contributed by atoms with E-state index in [0.29, 0.717) is 10.7 Å². The van der Waals surface area contributed by atoms with Crippen molar-refractivity contribution in [3.05, 3.63) is 59.1 Å². The number of nitrogen functional groups attached to an aromatic ring is 1. The van der Waals surface area contributed by atoms with Gasteiger partial charge < -0.3 is 11.1 Å². The standard InChI is InChI=1S/C13H13ClN2/c14-12-7-6-10(8-13(12)15)9-16-11-4-2-1-3-5-11/h1-8,16H,9,15H2. The highest BCUT2D eigenvalue weighted by Gasteiger charge is 1.98. The van der Waals surface area contributed by atoms with Crippen LogP contribution in [0.2, 0.25) is 5.02 Å². The van der Waals surface area contributed by atoms with E-state index >= 15 is 0 Å². The maximum Gasteiger partial charge on any atom is 0.0635 e. The molecule has 0 fully saturated rings. The number of nitrogens with one attached hydrogen (secondary N) is 1. The van der Waals surface area contributed by atoms with Gasteiger partial charge in [-0.05, 0) is 29.8 Å². The van der Waals surface area contributed by atoms with Crippen LogP contribution in [0.4, 0.5) is 11.4 Å². The average molecular weight is 233 g/mol. The van der Waals surface area contributed by atoms with Gasteiger partial charge in [-0.1, -0.05) is 35.9 Å². The van der Waals surface area contributed by atoms with Crippen LogP contribution >= 0.6 is 11.6 Å². The second kappa shape index (κ2) is 4.90. The molecule has 0 unspecified atom stereocenters. The lowest BCUT2D eigenvalue weighted by molar-refractivity contribution is 1.15. The molecule has 16 heavy (non-hydrogen) atoms. The average Bonchev–Trinajstić information content (AvgIpc) is 2.32. The molecule has 0 aromatic heterocycles. The van der Waals surface area contributed by atoms with Gasteiger partial charge in [0.1, 0.15) is 0 Å². The van der Waals surface area contributed by atoms with Crippen LogP contribution in [-0.2, 0) is 6.54 Å². The van der Waals surface area contributed by atoms with Crippen molar-refractivity contribution in [1.82, 2.24) is 0 Å². The summed E-state index contributed by atoms with van der Waals surface area (Å²) in [6.07, 6.45) is 0. The highest BCUT2D eigenvalue weighted by atomic mass is 35.5. The maximum atomic E-state index is 5.85. The lowest BCUT2D eigenvalue weighted by Crippen LogP contribution is -2.00. The molecule has 0 aliphatic heterocycles. The van der Waals surface area contributed by atoms with Crippen molar-refractivity contribution in [3.8, 4) is 0 Å². The number of benzene rings is 2. The first kappa shape index (κ1) is 10.8. The van der Waals surface area contributed by atoms with E-state index in [-0.39, 0.29) is 0 Å². The Kier molecular flexibility index (Phi) is 3.32. The Bertz CT molecular complexity index is 469. The molecule has 0 heterocycles. The van der Waals surface area contributed by atoms with Crippen molar-refractivity contribution in [2.45, 2.75) is 6.54 Å². The summed E-state index contributed by atoms with van der Waals surface area (Å²) < 4.78 is 0. The number of hydrogen-bond donors (Lipinski definition) is 2. The summed E-state index contributed by atoms with van der Waals surface area (Å²) in [5, 5.41) is 3.91. The molecule has 0 saturated carbocycles. The molecule has 0 radical (unpaired) electrons. The van der Waals surface area contributed by atoms with Crippen LogP contribution in [0.25, 0.3) is 0 Å². The van der Waals surface area contributed by atoms with Crippen LogP contribution in [0.1, 0.15) is 5.56 Å². The van der Waals surface area contributed by atoms with Crippen LogP contribution in [-0.4, -0.2) is 0 Å². The molecule has 2 nitrogen and oxygen atoms in total. The summed E-state index contributed by atoms with van der Waals surface area (Å²) in [7, 11) is 0. The summed E-state index contributed by atoms with van der Waals surface area (Å²) in [6.45, 7) is 0.741. The van der Waals surface area contributed by atoms with E-state index in [1.807, 2.05) is 48.5 Å². The third kappa shape index (κ3) is 2.67. The van der Waals surface area contributed by atoms with Gasteiger partial charge in [-0.25, -0.2) is 0 Å². The molecule has 0 saturated heterocycles. The third-order valence-corrected chi connectivity index (χ3v) is 2.68. The number of rotatable bonds is 3. The molecule has 0 atom stereocenters. The minimum atomic E-state index is 0.600. The Labute approximate surface area is 100 Å². The maximum absolute atomic E-state index is 5.85. The van der Waals surface area contributed by atoms with Gasteiger partial charge in [0, 0.05) is 12.2 Å². The molecule has 2 rings (SSSR count). The summed E-state index contributed by atoms with van der Waals surface area (Å²) in [5.74, 6) is 0. The first-order chi connectivity index (χ1) is 7.75. The minimum absolute atomic E-state index is 0.600. The number of halogens is 1. The fourth-order valence-corrected chi connectivity index (χ4v) is 1.58. The normalized spacial score (nSPS) is 10.1. The van der Waals surface area contributed by atoms with E-state index < -0.39 is 0 Å². The van der Waals surface area contributed by atoms with Gasteiger partial charge in [0.25, 0.3) is 0 Å². The largest absolute Gasteiger partial charge is 0.398 e. The lowest BCUT2D eigenvalue weighted by Gasteiger charge is -2.07. The first-order valence-corrected chi connectivity index (χ1v) is 5.46. The molecule has 2 aromatic rings. The van der Waals surface area contributed by atoms with Gasteiger partial charge >= 0.3 is 0 Å². The van der Waals surface area contributed by atoms with Gasteiger partial charge in [0.05, 0.1) is 10.7 Å². The van der Waals surface area contributed by atoms with Gasteiger partial charge in [-0.3, -0.25) is 0 Å². The zero-order valence-electron chi connectivity index (χ0n) is 8.78. The highest BCUT2D eigenvalue weighted by Crippen LogP contribution is 2.20. The SMILES string of the molecule is Nc1cc(CNc2ccccc2)ccc1Cl. The second-order valence-electron chi connectivity index (χ2n) is 3.58. The van der Waals surface area contributed by atoms with E-state index in [1.165, 1.54) is 0 Å². The molecule has 3 heteroatoms. The van der Waals surface area contributed by atoms with Crippen molar-refractivity contribution < 1.29 is 0 Å². The quantitative estimate of drug-likeness (QED) is 0.795. The summed E-state index contributed by atoms with van der Waals surface area (Å²) >= 11 is 5.85. The zero-order chi connectivity index (χ0) is 11.4. The molecule has 0 aliphatic rings. The van der Waals surface area contributed by atoms with Crippen molar-refractivity contribution in [1.29, 1.82) is 0 Å². The summed E-state index contributed by atoms with van der Waals surface area (Å²) in [5.41, 5.74) is 8.56. The fourth-order valence-electron chi connectivity index (χ4n) is 1.46. The molecule has 0 amide bonds. The van der Waals surface area contributed by atoms with Crippen molar-refractivity contribution in [2.24, 2.45) is 0 Å². The van der Waals surface area contributed by atoms with E-state index in [9.17, 15) is 0 Å². The Balaban J connectivity index is 2.03. The predicted molar refractivity (Wildman–Crippen MR) is 69.6 cm³/mol. The van der Waals surface area contributed by atoms with Gasteiger partial charge in [-0.2, -0.15) is 0 Å². The number of hydrogen-bond acceptors (Lipinski definition) is 2. The Morgan fingerprint density at radius 2 is 1.81 bits per heavy atom. The molecule has 0 spiro atoms. The van der Waals surface area contributed by atoms with E-state index in [1.54, 1.807) is 0 Å². The van der Waals surface area contributed by atoms with E-state index in [2.05, 4.69) is 5.32 Å². The zero-order valence-corrected chi connectivity index (χ0v) is 9.54. The number of para-hydroxylation sites is 1. The predicted octanol–water partition coefficient (Wildman–Crippen LogP) is 3.53. The topological polar surface area (TPSA) is 38.0 Å². The lowest BCUT2D eigenvalue weighted by atomic mass is 10.2. The second-order valence-corrected chi connectivity index (χ2v) is 3.98. The van der Waals surface area contributed by atoms with Crippen LogP contribution in [0, 0.1) is 0 Å². The van der Waals surface area contributed by atoms with Crippen LogP contribution < -0.4 is 11.1 Å². The number of anilines is 2. The molecule has 2 aromatic carbocycles. The Morgan fingerprint density at radius 1 is 1.06 bits per heavy atom. The molecule has 0 bridgehead atoms. The van der Waals surface area contributed by atoms with Gasteiger partial charge in [-0.15, -0.1) is 0 Å². The van der Waals surface area contributed by atoms with Crippen LogP contribution in [0.3, 0.4) is 0 Å². The van der Waals surface area contributed by atoms with Crippen molar-refractivity contribution >= 4 is 23.0 Å². The van der Waals surface area contributed by atoms with Gasteiger partial charge in [0.2, 0.25) is 0 Å². The Hall–Kier alpha value is -1.67. The fraction of sp³-hybridized carbons (Fsp3) is 0.0769. The molecular weight excluding hydrogens is 220 g/mol. The molecule has 82 valence electrons. The Morgan fingerprint density at radius 3 is 2.50 bits per heavy atom. The summed E-state index contributed by atoms with van der Waals surface area (Å²) in [6, 6.07) is 15.7. The van der Waals surface area contributed by atoms with Crippen LogP contribution in [0.15, 0.2) is 48.5 Å². The van der Waals surface area contributed by atoms with Crippen LogP contribution in [0.5, 0.6) is 0 Å². The monoisotopic (exact) mass is 232 g/mol. The molecule has 3 N–H and O–H groups in total. The molecular formula is C13H13ClN2. The first-order valence-electron chi connectivity index (χ1n) is 5.08. The van der Waals surface area contributed by atoms with E-state index in [4.69, 9.17) is 17.3 Å². The van der Waals surface area contributed by atoms with Crippen molar-refractivity contribution in [3.63, 3.8) is 0 Å². The third-order valence-electron chi connectivity index (χ3n) is 2.33. The smallest absolute Gasteiger partial charge is 0.0635 e.